The third kappa shape index (κ3) is 4.27. The summed E-state index contributed by atoms with van der Waals surface area (Å²) in [6, 6.07) is 17.5. The lowest BCUT2D eigenvalue weighted by atomic mass is 9.84. The number of aromatic nitrogens is 1. The standard InChI is InChI=1S/C23H21N3O5S2/c1-26-21(27)23(25-22(26)32,20-9-4-5-10-24-20)17-8-6-7-15(11-17)16-12-18(30-2)14-19(13-16)31-33(3,28)29/h4-14H,1-3H3,(H,25,32). The second-order valence-corrected chi connectivity index (χ2v) is 9.49. The molecular weight excluding hydrogens is 462 g/mol. The smallest absolute Gasteiger partial charge is 0.306 e. The lowest BCUT2D eigenvalue weighted by molar-refractivity contribution is -0.129. The van der Waals surface area contributed by atoms with Crippen LogP contribution < -0.4 is 14.2 Å². The van der Waals surface area contributed by atoms with Gasteiger partial charge in [-0.2, -0.15) is 8.42 Å². The van der Waals surface area contributed by atoms with Gasteiger partial charge in [-0.05, 0) is 59.2 Å². The minimum absolute atomic E-state index is 0.118. The summed E-state index contributed by atoms with van der Waals surface area (Å²) >= 11 is 5.37. The van der Waals surface area contributed by atoms with Gasteiger partial charge in [0.05, 0.1) is 19.1 Å². The zero-order chi connectivity index (χ0) is 23.8. The molecule has 1 aliphatic heterocycles. The summed E-state index contributed by atoms with van der Waals surface area (Å²) < 4.78 is 33.7. The van der Waals surface area contributed by atoms with Gasteiger partial charge in [-0.25, -0.2) is 0 Å². The Morgan fingerprint density at radius 2 is 1.79 bits per heavy atom. The Bertz CT molecular complexity index is 1350. The van der Waals surface area contributed by atoms with Gasteiger partial charge in [0.2, 0.25) is 0 Å². The number of rotatable bonds is 6. The van der Waals surface area contributed by atoms with E-state index in [1.807, 2.05) is 24.3 Å². The zero-order valence-electron chi connectivity index (χ0n) is 18.1. The number of nitrogens with zero attached hydrogens (tertiary/aromatic N) is 2. The Kier molecular flexibility index (Phi) is 5.81. The second kappa shape index (κ2) is 8.45. The number of carbonyl (C=O) groups excluding carboxylic acids is 1. The maximum absolute atomic E-state index is 13.4. The Labute approximate surface area is 197 Å². The van der Waals surface area contributed by atoms with Crippen molar-refractivity contribution in [1.82, 2.24) is 15.2 Å². The van der Waals surface area contributed by atoms with Crippen molar-refractivity contribution in [3.8, 4) is 22.6 Å². The minimum Gasteiger partial charge on any atom is -0.497 e. The van der Waals surface area contributed by atoms with E-state index in [1.165, 1.54) is 18.1 Å². The highest BCUT2D eigenvalue weighted by atomic mass is 32.2. The van der Waals surface area contributed by atoms with Crippen molar-refractivity contribution in [3.63, 3.8) is 0 Å². The first-order valence-corrected chi connectivity index (χ1v) is 12.1. The number of ether oxygens (including phenoxy) is 1. The molecule has 0 saturated carbocycles. The van der Waals surface area contributed by atoms with Crippen LogP contribution in [0, 0.1) is 0 Å². The number of hydrogen-bond donors (Lipinski definition) is 1. The van der Waals surface area contributed by atoms with E-state index in [0.717, 1.165) is 11.8 Å². The first kappa shape index (κ1) is 22.7. The molecule has 8 nitrogen and oxygen atoms in total. The molecule has 0 radical (unpaired) electrons. The van der Waals surface area contributed by atoms with Gasteiger partial charge >= 0.3 is 10.1 Å². The molecule has 170 valence electrons. The Morgan fingerprint density at radius 1 is 1.03 bits per heavy atom. The molecule has 1 unspecified atom stereocenters. The van der Waals surface area contributed by atoms with Gasteiger partial charge in [0, 0.05) is 19.3 Å². The number of hydrogen-bond acceptors (Lipinski definition) is 7. The van der Waals surface area contributed by atoms with Gasteiger partial charge in [-0.1, -0.05) is 24.3 Å². The number of thiocarbonyl (C=S) groups is 1. The van der Waals surface area contributed by atoms with Crippen molar-refractivity contribution in [2.75, 3.05) is 20.4 Å². The fourth-order valence-electron chi connectivity index (χ4n) is 3.75. The van der Waals surface area contributed by atoms with E-state index in [9.17, 15) is 13.2 Å². The summed E-state index contributed by atoms with van der Waals surface area (Å²) in [6.45, 7) is 0. The van der Waals surface area contributed by atoms with E-state index in [0.29, 0.717) is 27.7 Å². The molecule has 1 amide bonds. The fraction of sp³-hybridized carbons (Fsp3) is 0.174. The normalized spacial score (nSPS) is 18.2. The maximum Gasteiger partial charge on any atom is 0.306 e. The molecule has 3 aromatic rings. The van der Waals surface area contributed by atoms with E-state index >= 15 is 0 Å². The highest BCUT2D eigenvalue weighted by molar-refractivity contribution is 7.86. The quantitative estimate of drug-likeness (QED) is 0.422. The van der Waals surface area contributed by atoms with Crippen molar-refractivity contribution >= 4 is 33.4 Å². The van der Waals surface area contributed by atoms with Crippen LogP contribution in [0.2, 0.25) is 0 Å². The number of pyridine rings is 1. The topological polar surface area (TPSA) is 97.8 Å². The predicted molar refractivity (Wildman–Crippen MR) is 127 cm³/mol. The number of likely N-dealkylation sites (N-methyl/N-ethyl adjacent to an activating group) is 1. The fourth-order valence-corrected chi connectivity index (χ4v) is 4.44. The van der Waals surface area contributed by atoms with Crippen LogP contribution in [-0.4, -0.2) is 49.7 Å². The molecule has 1 atom stereocenters. The summed E-state index contributed by atoms with van der Waals surface area (Å²) in [5.74, 6) is 0.287. The molecule has 1 fully saturated rings. The number of amides is 1. The lowest BCUT2D eigenvalue weighted by Gasteiger charge is -2.27. The van der Waals surface area contributed by atoms with Crippen LogP contribution in [0.1, 0.15) is 11.3 Å². The Balaban J connectivity index is 1.88. The van der Waals surface area contributed by atoms with Gasteiger partial charge in [0.15, 0.2) is 10.7 Å². The molecule has 33 heavy (non-hydrogen) atoms. The highest BCUT2D eigenvalue weighted by Crippen LogP contribution is 2.37. The molecule has 1 saturated heterocycles. The minimum atomic E-state index is -3.73. The Hall–Kier alpha value is -3.50. The van der Waals surface area contributed by atoms with Crippen LogP contribution in [0.25, 0.3) is 11.1 Å². The van der Waals surface area contributed by atoms with E-state index in [-0.39, 0.29) is 11.7 Å². The SMILES string of the molecule is COc1cc(OS(C)(=O)=O)cc(-c2cccc(C3(c4ccccn4)NC(=S)N(C)C3=O)c2)c1. The van der Waals surface area contributed by atoms with Crippen molar-refractivity contribution in [2.24, 2.45) is 0 Å². The molecule has 0 spiro atoms. The Morgan fingerprint density at radius 3 is 2.39 bits per heavy atom. The van der Waals surface area contributed by atoms with Crippen molar-refractivity contribution < 1.29 is 22.1 Å². The van der Waals surface area contributed by atoms with Gasteiger partial charge in [-0.15, -0.1) is 0 Å². The molecule has 1 aliphatic rings. The van der Waals surface area contributed by atoms with Gasteiger partial charge in [0.1, 0.15) is 11.5 Å². The van der Waals surface area contributed by atoms with Crippen LogP contribution in [0.3, 0.4) is 0 Å². The average molecular weight is 484 g/mol. The first-order chi connectivity index (χ1) is 15.6. The lowest BCUT2D eigenvalue weighted by Crippen LogP contribution is -2.45. The van der Waals surface area contributed by atoms with Crippen LogP contribution in [-0.2, 0) is 20.5 Å². The number of carbonyl (C=O) groups is 1. The third-order valence-electron chi connectivity index (χ3n) is 5.27. The third-order valence-corrected chi connectivity index (χ3v) is 6.14. The first-order valence-electron chi connectivity index (χ1n) is 9.85. The maximum atomic E-state index is 13.4. The largest absolute Gasteiger partial charge is 0.497 e. The summed E-state index contributed by atoms with van der Waals surface area (Å²) in [4.78, 5) is 19.3. The van der Waals surface area contributed by atoms with Crippen LogP contribution in [0.4, 0.5) is 0 Å². The van der Waals surface area contributed by atoms with E-state index in [4.69, 9.17) is 21.1 Å². The summed E-state index contributed by atoms with van der Waals surface area (Å²) in [5, 5.41) is 3.45. The summed E-state index contributed by atoms with van der Waals surface area (Å²) in [5.41, 5.74) is 1.20. The van der Waals surface area contributed by atoms with Crippen molar-refractivity contribution in [3.05, 3.63) is 78.1 Å². The van der Waals surface area contributed by atoms with E-state index in [1.54, 1.807) is 43.6 Å². The zero-order valence-corrected chi connectivity index (χ0v) is 19.7. The van der Waals surface area contributed by atoms with Crippen LogP contribution in [0.5, 0.6) is 11.5 Å². The van der Waals surface area contributed by atoms with Crippen LogP contribution >= 0.6 is 12.2 Å². The number of benzene rings is 2. The molecule has 2 aromatic carbocycles. The van der Waals surface area contributed by atoms with Crippen molar-refractivity contribution in [2.45, 2.75) is 5.54 Å². The molecular formula is C23H21N3O5S2. The van der Waals surface area contributed by atoms with Gasteiger partial charge in [0.25, 0.3) is 5.91 Å². The summed E-state index contributed by atoms with van der Waals surface area (Å²) in [6.07, 6.45) is 2.59. The monoisotopic (exact) mass is 483 g/mol. The molecule has 10 heteroatoms. The summed E-state index contributed by atoms with van der Waals surface area (Å²) in [7, 11) is -0.632. The van der Waals surface area contributed by atoms with E-state index < -0.39 is 15.7 Å². The number of nitrogens with one attached hydrogen (secondary N) is 1. The second-order valence-electron chi connectivity index (χ2n) is 7.52. The average Bonchev–Trinajstić information content (AvgIpc) is 3.03. The molecule has 1 aromatic heterocycles. The van der Waals surface area contributed by atoms with E-state index in [2.05, 4.69) is 10.3 Å². The van der Waals surface area contributed by atoms with Crippen LogP contribution in [0.15, 0.2) is 66.9 Å². The molecule has 1 N–H and O–H groups in total. The molecule has 0 bridgehead atoms. The molecule has 0 aliphatic carbocycles. The van der Waals surface area contributed by atoms with Crippen molar-refractivity contribution in [1.29, 1.82) is 0 Å². The predicted octanol–water partition coefficient (Wildman–Crippen LogP) is 2.69. The number of methoxy groups -OCH3 is 1. The molecule has 4 rings (SSSR count). The van der Waals surface area contributed by atoms with Gasteiger partial charge < -0.3 is 14.2 Å². The highest BCUT2D eigenvalue weighted by Gasteiger charge is 2.52. The molecule has 2 heterocycles. The van der Waals surface area contributed by atoms with Gasteiger partial charge in [-0.3, -0.25) is 14.7 Å².